The SMILES string of the molecule is CCc1nn(C)c(NCc2ccc(N3CCOCC3)c(F)c2)c1[N+](=O)[O-]. The lowest BCUT2D eigenvalue weighted by atomic mass is 10.1. The van der Waals surface area contributed by atoms with Crippen LogP contribution in [-0.2, 0) is 24.8 Å². The van der Waals surface area contributed by atoms with E-state index in [1.165, 1.54) is 10.7 Å². The fourth-order valence-corrected chi connectivity index (χ4v) is 3.10. The van der Waals surface area contributed by atoms with Crippen molar-refractivity contribution in [1.29, 1.82) is 0 Å². The molecular formula is C17H22FN5O3. The summed E-state index contributed by atoms with van der Waals surface area (Å²) in [5.74, 6) is 0.0180. The van der Waals surface area contributed by atoms with Crippen molar-refractivity contribution in [3.63, 3.8) is 0 Å². The monoisotopic (exact) mass is 363 g/mol. The summed E-state index contributed by atoms with van der Waals surface area (Å²) >= 11 is 0. The standard InChI is InChI=1S/C17H22FN5O3/c1-3-14-16(23(24)25)17(21(2)20-14)19-11-12-4-5-15(13(18)10-12)22-6-8-26-9-7-22/h4-5,10,19H,3,6-9,11H2,1-2H3. The maximum Gasteiger partial charge on any atom is 0.333 e. The largest absolute Gasteiger partial charge is 0.378 e. The quantitative estimate of drug-likeness (QED) is 0.627. The minimum Gasteiger partial charge on any atom is -0.378 e. The van der Waals surface area contributed by atoms with Crippen molar-refractivity contribution >= 4 is 17.2 Å². The molecule has 140 valence electrons. The van der Waals surface area contributed by atoms with Crippen LogP contribution in [0.1, 0.15) is 18.2 Å². The highest BCUT2D eigenvalue weighted by Crippen LogP contribution is 2.29. The Morgan fingerprint density at radius 1 is 1.38 bits per heavy atom. The van der Waals surface area contributed by atoms with E-state index in [0.717, 1.165) is 0 Å². The van der Waals surface area contributed by atoms with Crippen LogP contribution in [0.25, 0.3) is 0 Å². The van der Waals surface area contributed by atoms with E-state index in [2.05, 4.69) is 10.4 Å². The third kappa shape index (κ3) is 3.62. The molecule has 1 aliphatic heterocycles. The molecule has 0 amide bonds. The second kappa shape index (κ2) is 7.69. The Morgan fingerprint density at radius 3 is 2.73 bits per heavy atom. The van der Waals surface area contributed by atoms with Crippen molar-refractivity contribution in [3.05, 3.63) is 45.4 Å². The molecule has 1 N–H and O–H groups in total. The predicted molar refractivity (Wildman–Crippen MR) is 96.0 cm³/mol. The van der Waals surface area contributed by atoms with Crippen LogP contribution in [0.2, 0.25) is 0 Å². The number of ether oxygens (including phenoxy) is 1. The number of aromatic nitrogens is 2. The molecule has 1 aromatic carbocycles. The average Bonchev–Trinajstić information content (AvgIpc) is 2.96. The van der Waals surface area contributed by atoms with E-state index in [4.69, 9.17) is 4.74 Å². The smallest absolute Gasteiger partial charge is 0.333 e. The fraction of sp³-hybridized carbons (Fsp3) is 0.471. The first-order valence-electron chi connectivity index (χ1n) is 8.56. The van der Waals surface area contributed by atoms with Crippen molar-refractivity contribution < 1.29 is 14.1 Å². The molecule has 0 bridgehead atoms. The van der Waals surface area contributed by atoms with Gasteiger partial charge in [-0.15, -0.1) is 0 Å². The summed E-state index contributed by atoms with van der Waals surface area (Å²) < 4.78 is 21.2. The van der Waals surface area contributed by atoms with Gasteiger partial charge in [0.25, 0.3) is 0 Å². The van der Waals surface area contributed by atoms with Gasteiger partial charge in [0.1, 0.15) is 11.5 Å². The van der Waals surface area contributed by atoms with Gasteiger partial charge in [0.05, 0.1) is 23.8 Å². The molecule has 1 aromatic heterocycles. The molecule has 26 heavy (non-hydrogen) atoms. The van der Waals surface area contributed by atoms with Gasteiger partial charge in [-0.3, -0.25) is 10.1 Å². The zero-order valence-electron chi connectivity index (χ0n) is 14.9. The highest BCUT2D eigenvalue weighted by molar-refractivity contribution is 5.60. The molecule has 1 aliphatic rings. The highest BCUT2D eigenvalue weighted by Gasteiger charge is 2.25. The summed E-state index contributed by atoms with van der Waals surface area (Å²) in [5, 5.41) is 18.5. The summed E-state index contributed by atoms with van der Waals surface area (Å²) in [5.41, 5.74) is 1.65. The molecule has 2 aromatic rings. The predicted octanol–water partition coefficient (Wildman–Crippen LogP) is 2.48. The van der Waals surface area contributed by atoms with Gasteiger partial charge in [0.2, 0.25) is 5.82 Å². The number of rotatable bonds is 6. The van der Waals surface area contributed by atoms with Gasteiger partial charge in [-0.25, -0.2) is 9.07 Å². The van der Waals surface area contributed by atoms with Crippen LogP contribution in [0.3, 0.4) is 0 Å². The molecule has 0 unspecified atom stereocenters. The van der Waals surface area contributed by atoms with Gasteiger partial charge in [0, 0.05) is 26.7 Å². The van der Waals surface area contributed by atoms with Gasteiger partial charge < -0.3 is 15.0 Å². The minimum absolute atomic E-state index is 0.0274. The van der Waals surface area contributed by atoms with Gasteiger partial charge in [-0.1, -0.05) is 13.0 Å². The van der Waals surface area contributed by atoms with Gasteiger partial charge >= 0.3 is 5.69 Å². The van der Waals surface area contributed by atoms with Crippen molar-refractivity contribution in [2.45, 2.75) is 19.9 Å². The molecule has 3 rings (SSSR count). The van der Waals surface area contributed by atoms with Crippen LogP contribution in [-0.4, -0.2) is 41.0 Å². The lowest BCUT2D eigenvalue weighted by Crippen LogP contribution is -2.36. The summed E-state index contributed by atoms with van der Waals surface area (Å²) in [7, 11) is 1.65. The van der Waals surface area contributed by atoms with Gasteiger partial charge in [-0.05, 0) is 24.1 Å². The zero-order chi connectivity index (χ0) is 18.7. The minimum atomic E-state index is -0.434. The molecule has 0 atom stereocenters. The highest BCUT2D eigenvalue weighted by atomic mass is 19.1. The first-order chi connectivity index (χ1) is 12.5. The Hall–Kier alpha value is -2.68. The van der Waals surface area contributed by atoms with Crippen LogP contribution in [0.4, 0.5) is 21.6 Å². The van der Waals surface area contributed by atoms with Crippen molar-refractivity contribution in [1.82, 2.24) is 9.78 Å². The molecule has 0 saturated carbocycles. The first-order valence-corrected chi connectivity index (χ1v) is 8.56. The van der Waals surface area contributed by atoms with Crippen LogP contribution in [0, 0.1) is 15.9 Å². The van der Waals surface area contributed by atoms with E-state index >= 15 is 0 Å². The van der Waals surface area contributed by atoms with Crippen molar-refractivity contribution in [3.8, 4) is 0 Å². The molecule has 0 radical (unpaired) electrons. The number of benzene rings is 1. The van der Waals surface area contributed by atoms with Gasteiger partial charge in [0.15, 0.2) is 0 Å². The Morgan fingerprint density at radius 2 is 2.12 bits per heavy atom. The average molecular weight is 363 g/mol. The molecule has 0 aliphatic carbocycles. The summed E-state index contributed by atoms with van der Waals surface area (Å²) in [4.78, 5) is 12.9. The van der Waals surface area contributed by atoms with Crippen molar-refractivity contribution in [2.75, 3.05) is 36.5 Å². The molecule has 0 spiro atoms. The van der Waals surface area contributed by atoms with E-state index in [-0.39, 0.29) is 18.0 Å². The zero-order valence-corrected chi connectivity index (χ0v) is 14.9. The lowest BCUT2D eigenvalue weighted by molar-refractivity contribution is -0.384. The second-order valence-electron chi connectivity index (χ2n) is 6.12. The number of nitrogens with zero attached hydrogens (tertiary/aromatic N) is 4. The maximum absolute atomic E-state index is 14.5. The van der Waals surface area contributed by atoms with E-state index in [1.54, 1.807) is 13.1 Å². The van der Waals surface area contributed by atoms with Crippen molar-refractivity contribution in [2.24, 2.45) is 7.05 Å². The Kier molecular flexibility index (Phi) is 5.36. The Labute approximate surface area is 150 Å². The number of hydrogen-bond acceptors (Lipinski definition) is 6. The molecular weight excluding hydrogens is 341 g/mol. The molecule has 1 saturated heterocycles. The number of halogens is 1. The van der Waals surface area contributed by atoms with E-state index in [0.29, 0.717) is 55.5 Å². The van der Waals surface area contributed by atoms with Crippen LogP contribution >= 0.6 is 0 Å². The normalized spacial score (nSPS) is 14.5. The van der Waals surface area contributed by atoms with E-state index in [1.807, 2.05) is 17.9 Å². The maximum atomic E-state index is 14.5. The summed E-state index contributed by atoms with van der Waals surface area (Å²) in [6.45, 7) is 4.59. The fourth-order valence-electron chi connectivity index (χ4n) is 3.10. The Balaban J connectivity index is 1.75. The lowest BCUT2D eigenvalue weighted by Gasteiger charge is -2.29. The number of anilines is 2. The summed E-state index contributed by atoms with van der Waals surface area (Å²) in [6, 6.07) is 5.03. The number of morpholine rings is 1. The first kappa shape index (κ1) is 18.1. The second-order valence-corrected chi connectivity index (χ2v) is 6.12. The number of nitrogens with one attached hydrogen (secondary N) is 1. The van der Waals surface area contributed by atoms with E-state index in [9.17, 15) is 14.5 Å². The molecule has 2 heterocycles. The van der Waals surface area contributed by atoms with Gasteiger partial charge in [-0.2, -0.15) is 5.10 Å². The van der Waals surface area contributed by atoms with Crippen LogP contribution in [0.15, 0.2) is 18.2 Å². The third-order valence-electron chi connectivity index (χ3n) is 4.43. The Bertz CT molecular complexity index is 802. The topological polar surface area (TPSA) is 85.5 Å². The number of aryl methyl sites for hydroxylation is 2. The molecule has 9 heteroatoms. The number of hydrogen-bond donors (Lipinski definition) is 1. The van der Waals surface area contributed by atoms with E-state index < -0.39 is 4.92 Å². The molecule has 8 nitrogen and oxygen atoms in total. The third-order valence-corrected chi connectivity index (χ3v) is 4.43. The number of nitro groups is 1. The van der Waals surface area contributed by atoms with Crippen LogP contribution in [0.5, 0.6) is 0 Å². The van der Waals surface area contributed by atoms with Crippen LogP contribution < -0.4 is 10.2 Å². The summed E-state index contributed by atoms with van der Waals surface area (Å²) in [6.07, 6.45) is 0.467. The molecule has 1 fully saturated rings.